The third kappa shape index (κ3) is 7.24. The summed E-state index contributed by atoms with van der Waals surface area (Å²) in [5, 5.41) is 3.45. The van der Waals surface area contributed by atoms with Crippen molar-refractivity contribution in [2.24, 2.45) is 0 Å². The average molecular weight is 454 g/mol. The number of benzene rings is 1. The van der Waals surface area contributed by atoms with E-state index in [9.17, 15) is 4.79 Å². The minimum absolute atomic E-state index is 0.316. The number of hydroxylamine groups is 1. The molecule has 0 aliphatic carbocycles. The van der Waals surface area contributed by atoms with Crippen molar-refractivity contribution in [3.63, 3.8) is 0 Å². The van der Waals surface area contributed by atoms with Gasteiger partial charge in [-0.25, -0.2) is 15.3 Å². The lowest BCUT2D eigenvalue weighted by molar-refractivity contribution is -0.198. The molecule has 9 heteroatoms. The largest absolute Gasteiger partial charge is 0.497 e. The van der Waals surface area contributed by atoms with Crippen LogP contribution in [0, 0.1) is 0 Å². The zero-order valence-electron chi connectivity index (χ0n) is 18.9. The molecule has 2 aliphatic rings. The Labute approximate surface area is 194 Å². The molecule has 0 saturated carbocycles. The van der Waals surface area contributed by atoms with E-state index in [1.165, 1.54) is 11.6 Å². The highest BCUT2D eigenvalue weighted by atomic mass is 16.8. The molecule has 1 unspecified atom stereocenters. The number of rotatable bonds is 9. The fourth-order valence-electron chi connectivity index (χ4n) is 3.95. The molecule has 2 aliphatic heterocycles. The van der Waals surface area contributed by atoms with Crippen LogP contribution in [0.25, 0.3) is 6.08 Å². The molecule has 1 amide bonds. The summed E-state index contributed by atoms with van der Waals surface area (Å²) in [5.41, 5.74) is 4.22. The Kier molecular flexibility index (Phi) is 8.24. The van der Waals surface area contributed by atoms with Gasteiger partial charge < -0.3 is 14.8 Å². The molecule has 1 aromatic heterocycles. The van der Waals surface area contributed by atoms with Crippen molar-refractivity contribution in [3.05, 3.63) is 54.0 Å². The quantitative estimate of drug-likeness (QED) is 0.442. The molecule has 2 atom stereocenters. The van der Waals surface area contributed by atoms with Gasteiger partial charge in [-0.3, -0.25) is 14.7 Å². The van der Waals surface area contributed by atoms with Gasteiger partial charge in [-0.2, -0.15) is 0 Å². The number of nitrogens with one attached hydrogen (secondary N) is 2. The van der Waals surface area contributed by atoms with Gasteiger partial charge in [-0.1, -0.05) is 12.1 Å². The Morgan fingerprint density at radius 3 is 3.00 bits per heavy atom. The summed E-state index contributed by atoms with van der Waals surface area (Å²) >= 11 is 0. The fourth-order valence-corrected chi connectivity index (χ4v) is 3.95. The van der Waals surface area contributed by atoms with E-state index in [1.807, 2.05) is 12.1 Å². The van der Waals surface area contributed by atoms with Crippen LogP contribution in [0.1, 0.15) is 36.9 Å². The second-order valence-electron chi connectivity index (χ2n) is 8.26. The molecule has 4 rings (SSSR count). The molecule has 0 bridgehead atoms. The van der Waals surface area contributed by atoms with Gasteiger partial charge in [0.05, 0.1) is 25.2 Å². The molecule has 33 heavy (non-hydrogen) atoms. The van der Waals surface area contributed by atoms with E-state index in [2.05, 4.69) is 37.8 Å². The third-order valence-electron chi connectivity index (χ3n) is 5.67. The summed E-state index contributed by atoms with van der Waals surface area (Å²) in [5.74, 6) is 1.24. The number of hydrogen-bond acceptors (Lipinski definition) is 8. The zero-order chi connectivity index (χ0) is 22.9. The Balaban J connectivity index is 1.20. The Morgan fingerprint density at radius 2 is 2.21 bits per heavy atom. The Morgan fingerprint density at radius 1 is 1.27 bits per heavy atom. The lowest BCUT2D eigenvalue weighted by atomic mass is 10.2. The van der Waals surface area contributed by atoms with Crippen molar-refractivity contribution in [3.8, 4) is 5.75 Å². The fraction of sp³-hybridized carbons (Fsp3) is 0.458. The van der Waals surface area contributed by atoms with Crippen LogP contribution in [0.5, 0.6) is 5.75 Å². The lowest BCUT2D eigenvalue weighted by Gasteiger charge is -2.21. The smallest absolute Gasteiger partial charge is 0.267 e. The van der Waals surface area contributed by atoms with Crippen molar-refractivity contribution in [1.82, 2.24) is 20.3 Å². The SMILES string of the molecule is COc1cccc(CN2CC[C@@H](Nc3cnc(/C=C/C(=O)NOC4CCCCO4)cn3)C2)c1. The molecule has 3 heterocycles. The van der Waals surface area contributed by atoms with E-state index in [1.54, 1.807) is 25.6 Å². The van der Waals surface area contributed by atoms with Crippen LogP contribution in [-0.2, 0) is 20.9 Å². The predicted molar refractivity (Wildman–Crippen MR) is 124 cm³/mol. The maximum atomic E-state index is 11.9. The highest BCUT2D eigenvalue weighted by Crippen LogP contribution is 2.19. The van der Waals surface area contributed by atoms with E-state index >= 15 is 0 Å². The molecule has 2 fully saturated rings. The van der Waals surface area contributed by atoms with Gasteiger partial charge in [-0.05, 0) is 43.0 Å². The molecule has 2 N–H and O–H groups in total. The number of carbonyl (C=O) groups excluding carboxylic acids is 1. The first-order valence-corrected chi connectivity index (χ1v) is 11.4. The summed E-state index contributed by atoms with van der Waals surface area (Å²) in [7, 11) is 1.69. The minimum atomic E-state index is -0.372. The predicted octanol–water partition coefficient (Wildman–Crippen LogP) is 2.76. The van der Waals surface area contributed by atoms with E-state index in [0.29, 0.717) is 18.3 Å². The van der Waals surface area contributed by atoms with Gasteiger partial charge >= 0.3 is 0 Å². The molecule has 2 saturated heterocycles. The topological polar surface area (TPSA) is 97.8 Å². The van der Waals surface area contributed by atoms with Crippen LogP contribution in [0.2, 0.25) is 0 Å². The van der Waals surface area contributed by atoms with Gasteiger partial charge in [0.2, 0.25) is 0 Å². The molecule has 0 radical (unpaired) electrons. The number of aromatic nitrogens is 2. The van der Waals surface area contributed by atoms with Gasteiger partial charge in [-0.15, -0.1) is 0 Å². The molecular formula is C24H31N5O4. The van der Waals surface area contributed by atoms with Crippen molar-refractivity contribution in [2.75, 3.05) is 32.1 Å². The normalized spacial score (nSPS) is 21.2. The zero-order valence-corrected chi connectivity index (χ0v) is 18.9. The average Bonchev–Trinajstić information content (AvgIpc) is 3.29. The number of ether oxygens (including phenoxy) is 2. The number of anilines is 1. The monoisotopic (exact) mass is 453 g/mol. The van der Waals surface area contributed by atoms with Crippen LogP contribution in [-0.4, -0.2) is 59.9 Å². The van der Waals surface area contributed by atoms with Crippen molar-refractivity contribution in [2.45, 2.75) is 44.6 Å². The van der Waals surface area contributed by atoms with Crippen LogP contribution in [0.3, 0.4) is 0 Å². The van der Waals surface area contributed by atoms with Crippen LogP contribution in [0.4, 0.5) is 5.82 Å². The standard InChI is InChI=1S/C24H31N5O4/c1-31-21-6-4-5-18(13-21)16-29-11-10-20(17-29)27-22-15-25-19(14-26-22)8-9-23(30)28-33-24-7-2-3-12-32-24/h4-6,8-9,13-15,20,24H,2-3,7,10-12,16-17H2,1H3,(H,26,27)(H,28,30)/b9-8+/t20-,24?/m1/s1. The molecule has 0 spiro atoms. The van der Waals surface area contributed by atoms with E-state index in [-0.39, 0.29) is 12.2 Å². The number of likely N-dealkylation sites (tertiary alicyclic amines) is 1. The van der Waals surface area contributed by atoms with Crippen molar-refractivity contribution < 1.29 is 19.1 Å². The maximum absolute atomic E-state index is 11.9. The minimum Gasteiger partial charge on any atom is -0.497 e. The summed E-state index contributed by atoms with van der Waals surface area (Å²) in [6.07, 6.45) is 9.81. The van der Waals surface area contributed by atoms with Crippen LogP contribution >= 0.6 is 0 Å². The number of nitrogens with zero attached hydrogens (tertiary/aromatic N) is 3. The number of carbonyl (C=O) groups is 1. The second kappa shape index (κ2) is 11.7. The molecule has 176 valence electrons. The molecule has 1 aromatic carbocycles. The first-order chi connectivity index (χ1) is 16.2. The van der Waals surface area contributed by atoms with E-state index in [4.69, 9.17) is 14.3 Å². The summed E-state index contributed by atoms with van der Waals surface area (Å²) < 4.78 is 10.7. The van der Waals surface area contributed by atoms with Crippen LogP contribution in [0.15, 0.2) is 42.7 Å². The maximum Gasteiger partial charge on any atom is 0.267 e. The lowest BCUT2D eigenvalue weighted by Crippen LogP contribution is -2.32. The first-order valence-electron chi connectivity index (χ1n) is 11.4. The highest BCUT2D eigenvalue weighted by Gasteiger charge is 2.22. The van der Waals surface area contributed by atoms with Gasteiger partial charge in [0, 0.05) is 44.8 Å². The Bertz CT molecular complexity index is 931. The summed E-state index contributed by atoms with van der Waals surface area (Å²) in [4.78, 5) is 28.4. The molecular weight excluding hydrogens is 422 g/mol. The summed E-state index contributed by atoms with van der Waals surface area (Å²) in [6.45, 7) is 3.51. The number of hydrogen-bond donors (Lipinski definition) is 2. The van der Waals surface area contributed by atoms with Gasteiger partial charge in [0.25, 0.3) is 5.91 Å². The third-order valence-corrected chi connectivity index (χ3v) is 5.67. The van der Waals surface area contributed by atoms with Gasteiger partial charge in [0.15, 0.2) is 6.29 Å². The van der Waals surface area contributed by atoms with E-state index < -0.39 is 0 Å². The number of amides is 1. The summed E-state index contributed by atoms with van der Waals surface area (Å²) in [6, 6.07) is 8.50. The number of methoxy groups -OCH3 is 1. The Hall–Kier alpha value is -3.01. The molecule has 9 nitrogen and oxygen atoms in total. The van der Waals surface area contributed by atoms with Crippen molar-refractivity contribution in [1.29, 1.82) is 0 Å². The molecule has 2 aromatic rings. The van der Waals surface area contributed by atoms with Crippen LogP contribution < -0.4 is 15.5 Å². The first kappa shape index (κ1) is 23.2. The van der Waals surface area contributed by atoms with E-state index in [0.717, 1.165) is 56.9 Å². The van der Waals surface area contributed by atoms with Gasteiger partial charge in [0.1, 0.15) is 11.6 Å². The van der Waals surface area contributed by atoms with Crippen molar-refractivity contribution >= 4 is 17.8 Å². The highest BCUT2D eigenvalue weighted by molar-refractivity contribution is 5.90. The second-order valence-corrected chi connectivity index (χ2v) is 8.26.